The third kappa shape index (κ3) is 6.31. The fraction of sp³-hybridized carbons (Fsp3) is 0.737. The normalized spacial score (nSPS) is 25.4. The molecule has 0 aromatic carbocycles. The molecule has 3 rings (SSSR count). The summed E-state index contributed by atoms with van der Waals surface area (Å²) in [7, 11) is 1.89. The first-order valence-corrected chi connectivity index (χ1v) is 10.4. The van der Waals surface area contributed by atoms with Gasteiger partial charge in [0.15, 0.2) is 5.96 Å². The highest BCUT2D eigenvalue weighted by molar-refractivity contribution is 14.0. The molecular weight excluding hydrogens is 443 g/mol. The first-order valence-electron chi connectivity index (χ1n) is 9.50. The van der Waals surface area contributed by atoms with Crippen LogP contribution in [0.2, 0.25) is 0 Å². The highest BCUT2D eigenvalue weighted by atomic mass is 127. The molecule has 2 aliphatic rings. The van der Waals surface area contributed by atoms with Crippen molar-refractivity contribution in [2.45, 2.75) is 51.5 Å². The smallest absolute Gasteiger partial charge is 0.191 e. The molecule has 6 heteroatoms. The number of piperidine rings is 1. The van der Waals surface area contributed by atoms with E-state index in [4.69, 9.17) is 0 Å². The van der Waals surface area contributed by atoms with E-state index in [0.717, 1.165) is 37.4 Å². The molecule has 0 atom stereocenters. The number of rotatable bonds is 4. The van der Waals surface area contributed by atoms with E-state index >= 15 is 0 Å². The fourth-order valence-electron chi connectivity index (χ4n) is 3.86. The SMILES string of the molecule is CN=C(NCC1CCC(C)CC1)NC1CCN(c2cccs2)CC1.I. The van der Waals surface area contributed by atoms with Crippen molar-refractivity contribution in [2.75, 3.05) is 31.6 Å². The zero-order valence-corrected chi connectivity index (χ0v) is 18.7. The van der Waals surface area contributed by atoms with Crippen molar-refractivity contribution in [3.8, 4) is 0 Å². The van der Waals surface area contributed by atoms with Gasteiger partial charge in [0.2, 0.25) is 0 Å². The van der Waals surface area contributed by atoms with Crippen LogP contribution < -0.4 is 15.5 Å². The van der Waals surface area contributed by atoms with Crippen LogP contribution in [0.3, 0.4) is 0 Å². The summed E-state index contributed by atoms with van der Waals surface area (Å²) in [6.07, 6.45) is 7.87. The molecule has 1 aliphatic carbocycles. The van der Waals surface area contributed by atoms with Crippen LogP contribution in [-0.2, 0) is 0 Å². The van der Waals surface area contributed by atoms with Crippen molar-refractivity contribution in [2.24, 2.45) is 16.8 Å². The van der Waals surface area contributed by atoms with Crippen LogP contribution in [0, 0.1) is 11.8 Å². The molecule has 1 aliphatic heterocycles. The number of aliphatic imine (C=N–C) groups is 1. The van der Waals surface area contributed by atoms with Gasteiger partial charge in [0.05, 0.1) is 5.00 Å². The molecule has 142 valence electrons. The van der Waals surface area contributed by atoms with Gasteiger partial charge in [-0.15, -0.1) is 35.3 Å². The molecule has 1 saturated carbocycles. The van der Waals surface area contributed by atoms with Gasteiger partial charge in [0, 0.05) is 32.7 Å². The number of thiophene rings is 1. The first kappa shape index (κ1) is 20.8. The fourth-order valence-corrected chi connectivity index (χ4v) is 4.64. The Morgan fingerprint density at radius 2 is 1.92 bits per heavy atom. The van der Waals surface area contributed by atoms with Crippen LogP contribution in [0.5, 0.6) is 0 Å². The Hall–Kier alpha value is -0.500. The van der Waals surface area contributed by atoms with E-state index in [9.17, 15) is 0 Å². The van der Waals surface area contributed by atoms with Crippen molar-refractivity contribution < 1.29 is 0 Å². The van der Waals surface area contributed by atoms with Crippen LogP contribution in [0.15, 0.2) is 22.5 Å². The van der Waals surface area contributed by atoms with E-state index in [2.05, 4.69) is 45.0 Å². The van der Waals surface area contributed by atoms with Gasteiger partial charge in [0.25, 0.3) is 0 Å². The second-order valence-corrected chi connectivity index (χ2v) is 8.36. The number of guanidine groups is 1. The lowest BCUT2D eigenvalue weighted by Crippen LogP contribution is -2.49. The minimum absolute atomic E-state index is 0. The lowest BCUT2D eigenvalue weighted by Gasteiger charge is -2.34. The highest BCUT2D eigenvalue weighted by Gasteiger charge is 2.22. The Balaban J connectivity index is 0.00000225. The van der Waals surface area contributed by atoms with Crippen molar-refractivity contribution in [3.05, 3.63) is 17.5 Å². The molecule has 2 fully saturated rings. The van der Waals surface area contributed by atoms with E-state index in [1.807, 2.05) is 18.4 Å². The molecule has 1 aromatic rings. The molecule has 4 nitrogen and oxygen atoms in total. The van der Waals surface area contributed by atoms with Gasteiger partial charge < -0.3 is 15.5 Å². The maximum Gasteiger partial charge on any atom is 0.191 e. The zero-order chi connectivity index (χ0) is 16.8. The second kappa shape index (κ2) is 10.6. The summed E-state index contributed by atoms with van der Waals surface area (Å²) < 4.78 is 0. The summed E-state index contributed by atoms with van der Waals surface area (Å²) in [5.41, 5.74) is 0. The maximum absolute atomic E-state index is 4.43. The average molecular weight is 476 g/mol. The molecule has 0 spiro atoms. The van der Waals surface area contributed by atoms with E-state index in [-0.39, 0.29) is 24.0 Å². The molecule has 0 bridgehead atoms. The van der Waals surface area contributed by atoms with Gasteiger partial charge in [-0.3, -0.25) is 4.99 Å². The minimum atomic E-state index is 0. The summed E-state index contributed by atoms with van der Waals surface area (Å²) in [6, 6.07) is 4.91. The molecule has 2 N–H and O–H groups in total. The van der Waals surface area contributed by atoms with Crippen molar-refractivity contribution in [3.63, 3.8) is 0 Å². The van der Waals surface area contributed by atoms with Gasteiger partial charge in [-0.25, -0.2) is 0 Å². The number of halogens is 1. The zero-order valence-electron chi connectivity index (χ0n) is 15.5. The van der Waals surface area contributed by atoms with Gasteiger partial charge in [0.1, 0.15) is 0 Å². The Morgan fingerprint density at radius 3 is 2.52 bits per heavy atom. The summed E-state index contributed by atoms with van der Waals surface area (Å²) in [5, 5.41) is 10.8. The van der Waals surface area contributed by atoms with E-state index < -0.39 is 0 Å². The topological polar surface area (TPSA) is 39.7 Å². The standard InChI is InChI=1S/C19H32N4S.HI/c1-15-5-7-16(8-6-15)14-21-19(20-2)22-17-9-11-23(12-10-17)18-4-3-13-24-18;/h3-4,13,15-17H,5-12,14H2,1-2H3,(H2,20,21,22);1H. The van der Waals surface area contributed by atoms with Crippen molar-refractivity contribution in [1.82, 2.24) is 10.6 Å². The maximum atomic E-state index is 4.43. The summed E-state index contributed by atoms with van der Waals surface area (Å²) >= 11 is 1.84. The number of anilines is 1. The van der Waals surface area contributed by atoms with Gasteiger partial charge in [-0.1, -0.05) is 19.8 Å². The predicted molar refractivity (Wildman–Crippen MR) is 121 cm³/mol. The van der Waals surface area contributed by atoms with Crippen LogP contribution in [0.4, 0.5) is 5.00 Å². The highest BCUT2D eigenvalue weighted by Crippen LogP contribution is 2.27. The van der Waals surface area contributed by atoms with E-state index in [0.29, 0.717) is 6.04 Å². The molecule has 0 amide bonds. The predicted octanol–water partition coefficient (Wildman–Crippen LogP) is 4.33. The Morgan fingerprint density at radius 1 is 1.20 bits per heavy atom. The van der Waals surface area contributed by atoms with Gasteiger partial charge in [-0.05, 0) is 55.0 Å². The molecule has 0 unspecified atom stereocenters. The molecule has 2 heterocycles. The average Bonchev–Trinajstić information content (AvgIpc) is 3.15. The summed E-state index contributed by atoms with van der Waals surface area (Å²) in [4.78, 5) is 6.94. The Bertz CT molecular complexity index is 504. The van der Waals surface area contributed by atoms with Crippen molar-refractivity contribution in [1.29, 1.82) is 0 Å². The van der Waals surface area contributed by atoms with E-state index in [1.165, 1.54) is 43.5 Å². The van der Waals surface area contributed by atoms with Gasteiger partial charge >= 0.3 is 0 Å². The number of nitrogens with one attached hydrogen (secondary N) is 2. The Labute approximate surface area is 173 Å². The quantitative estimate of drug-likeness (QED) is 0.386. The van der Waals surface area contributed by atoms with Crippen LogP contribution in [0.1, 0.15) is 45.4 Å². The number of hydrogen-bond acceptors (Lipinski definition) is 3. The largest absolute Gasteiger partial charge is 0.363 e. The number of hydrogen-bond donors (Lipinski definition) is 2. The Kier molecular flexibility index (Phi) is 8.82. The molecule has 0 radical (unpaired) electrons. The molecule has 25 heavy (non-hydrogen) atoms. The number of nitrogens with zero attached hydrogens (tertiary/aromatic N) is 2. The van der Waals surface area contributed by atoms with Crippen LogP contribution in [-0.4, -0.2) is 38.7 Å². The first-order chi connectivity index (χ1) is 11.7. The van der Waals surface area contributed by atoms with E-state index in [1.54, 1.807) is 0 Å². The molecular formula is C19H33IN4S. The summed E-state index contributed by atoms with van der Waals surface area (Å²) in [6.45, 7) is 5.72. The van der Waals surface area contributed by atoms with Crippen LogP contribution in [0.25, 0.3) is 0 Å². The monoisotopic (exact) mass is 476 g/mol. The van der Waals surface area contributed by atoms with Gasteiger partial charge in [-0.2, -0.15) is 0 Å². The molecule has 1 aromatic heterocycles. The summed E-state index contributed by atoms with van der Waals surface area (Å²) in [5.74, 6) is 2.73. The lowest BCUT2D eigenvalue weighted by molar-refractivity contribution is 0.289. The third-order valence-electron chi connectivity index (χ3n) is 5.57. The van der Waals surface area contributed by atoms with Crippen molar-refractivity contribution >= 4 is 46.3 Å². The van der Waals surface area contributed by atoms with Crippen LogP contribution >= 0.6 is 35.3 Å². The second-order valence-electron chi connectivity index (χ2n) is 7.44. The lowest BCUT2D eigenvalue weighted by atomic mass is 9.83. The minimum Gasteiger partial charge on any atom is -0.363 e. The molecule has 1 saturated heterocycles. The third-order valence-corrected chi connectivity index (χ3v) is 6.50.